The van der Waals surface area contributed by atoms with Gasteiger partial charge in [-0.3, -0.25) is 19.2 Å². The molecule has 5 heterocycles. The number of methoxy groups -OCH3 is 3. The molecule has 5 aliphatic rings. The molecule has 1 saturated carbocycles. The molecule has 0 spiro atoms. The van der Waals surface area contributed by atoms with Gasteiger partial charge in [0.25, 0.3) is 11.7 Å². The zero-order valence-corrected chi connectivity index (χ0v) is 41.5. The first-order valence-corrected chi connectivity index (χ1v) is 24.7. The van der Waals surface area contributed by atoms with Crippen LogP contribution in [0.3, 0.4) is 0 Å². The summed E-state index contributed by atoms with van der Waals surface area (Å²) in [4.78, 5) is 72.3. The van der Waals surface area contributed by atoms with Gasteiger partial charge in [-0.2, -0.15) is 0 Å². The molecule has 8 unspecified atom stereocenters. The van der Waals surface area contributed by atoms with Gasteiger partial charge in [-0.15, -0.1) is 5.10 Å². The lowest BCUT2D eigenvalue weighted by Gasteiger charge is -2.42. The van der Waals surface area contributed by atoms with Gasteiger partial charge in [0.15, 0.2) is 5.78 Å². The number of nitrogens with zero attached hydrogens (tertiary/aromatic N) is 5. The van der Waals surface area contributed by atoms with Crippen LogP contribution in [-0.4, -0.2) is 142 Å². The molecule has 0 aromatic carbocycles. The van der Waals surface area contributed by atoms with Crippen LogP contribution in [0.25, 0.3) is 0 Å². The van der Waals surface area contributed by atoms with E-state index < -0.39 is 77.9 Å². The van der Waals surface area contributed by atoms with Gasteiger partial charge < -0.3 is 38.4 Å². The van der Waals surface area contributed by atoms with Crippen molar-refractivity contribution in [2.75, 3.05) is 27.9 Å². The zero-order chi connectivity index (χ0) is 49.3. The van der Waals surface area contributed by atoms with E-state index in [0.717, 1.165) is 18.4 Å². The highest BCUT2D eigenvalue weighted by atomic mass is 16.6. The molecule has 17 heteroatoms. The van der Waals surface area contributed by atoms with Crippen LogP contribution in [0.4, 0.5) is 0 Å². The Kier molecular flexibility index (Phi) is 18.8. The number of hydrogen-bond acceptors (Lipinski definition) is 15. The van der Waals surface area contributed by atoms with Crippen molar-refractivity contribution in [3.63, 3.8) is 0 Å². The number of allylic oxidation sites excluding steroid dienone is 6. The van der Waals surface area contributed by atoms with Gasteiger partial charge >= 0.3 is 5.97 Å². The number of carbonyl (C=O) groups is 5. The first-order valence-electron chi connectivity index (χ1n) is 24.7. The van der Waals surface area contributed by atoms with Crippen LogP contribution >= 0.6 is 0 Å². The zero-order valence-electron chi connectivity index (χ0n) is 41.5. The van der Waals surface area contributed by atoms with E-state index in [0.29, 0.717) is 56.9 Å². The van der Waals surface area contributed by atoms with E-state index >= 15 is 0 Å². The Morgan fingerprint density at radius 1 is 0.897 bits per heavy atom. The lowest BCUT2D eigenvalue weighted by Crippen LogP contribution is -2.61. The average molecular weight is 950 g/mol. The highest BCUT2D eigenvalue weighted by Crippen LogP contribution is 2.40. The number of ether oxygens (including phenoxy) is 6. The molecule has 4 aliphatic heterocycles. The molecule has 4 bridgehead atoms. The minimum absolute atomic E-state index is 0.0128. The summed E-state index contributed by atoms with van der Waals surface area (Å²) in [7, 11) is 4.74. The van der Waals surface area contributed by atoms with Gasteiger partial charge in [-0.1, -0.05) is 64.2 Å². The van der Waals surface area contributed by atoms with Crippen molar-refractivity contribution in [1.82, 2.24) is 25.1 Å². The van der Waals surface area contributed by atoms with E-state index in [4.69, 9.17) is 28.4 Å². The van der Waals surface area contributed by atoms with Gasteiger partial charge in [0.2, 0.25) is 5.79 Å². The third kappa shape index (κ3) is 12.5. The molecule has 1 aliphatic carbocycles. The number of aromatic nitrogens is 4. The van der Waals surface area contributed by atoms with Crippen molar-refractivity contribution in [2.24, 2.45) is 29.6 Å². The SMILES string of the molecule is COC1CC(C[C@@H](C)[C@@H]2CC(=O)[C@H](C)/C=C(\C)[C@H]3OC(C[C@H](C)/C=C/C=C/C=C(\C)[C@@H](OC)C[C@@H]4CCC(C)C(O)(O4)C(=O)C(=O)N4CCCCC4C(=O)O2)C(=O)C3OC)CCC1n1cnnn1. The minimum Gasteiger partial charge on any atom is -0.460 e. The maximum absolute atomic E-state index is 14.5. The molecule has 17 nitrogen and oxygen atoms in total. The third-order valence-corrected chi connectivity index (χ3v) is 15.2. The number of amides is 1. The second-order valence-corrected chi connectivity index (χ2v) is 20.1. The average Bonchev–Trinajstić information content (AvgIpc) is 3.98. The van der Waals surface area contributed by atoms with Crippen LogP contribution in [0.15, 0.2) is 53.9 Å². The van der Waals surface area contributed by atoms with E-state index in [9.17, 15) is 29.1 Å². The Morgan fingerprint density at radius 2 is 1.68 bits per heavy atom. The van der Waals surface area contributed by atoms with E-state index in [1.54, 1.807) is 45.2 Å². The van der Waals surface area contributed by atoms with Crippen molar-refractivity contribution in [3.05, 3.63) is 53.9 Å². The van der Waals surface area contributed by atoms with Gasteiger partial charge in [-0.25, -0.2) is 9.48 Å². The molecule has 0 radical (unpaired) electrons. The number of Topliss-reactive ketones (excluding diaryl/α,β-unsaturated/α-hetero) is 3. The topological polar surface area (TPSA) is 208 Å². The second kappa shape index (κ2) is 24.0. The van der Waals surface area contributed by atoms with Crippen molar-refractivity contribution in [1.29, 1.82) is 0 Å². The van der Waals surface area contributed by atoms with E-state index in [-0.39, 0.29) is 60.9 Å². The number of tetrazole rings is 1. The Balaban J connectivity index is 1.30. The van der Waals surface area contributed by atoms with Crippen LogP contribution in [0.5, 0.6) is 0 Å². The highest BCUT2D eigenvalue weighted by molar-refractivity contribution is 6.39. The largest absolute Gasteiger partial charge is 0.460 e. The summed E-state index contributed by atoms with van der Waals surface area (Å²) in [6, 6.07) is -1.16. The Bertz CT molecular complexity index is 2040. The van der Waals surface area contributed by atoms with Gasteiger partial charge in [0, 0.05) is 52.6 Å². The van der Waals surface area contributed by atoms with Crippen LogP contribution in [0.2, 0.25) is 0 Å². The number of rotatable bonds is 7. The second-order valence-electron chi connectivity index (χ2n) is 20.1. The smallest absolute Gasteiger partial charge is 0.329 e. The first-order chi connectivity index (χ1) is 32.5. The quantitative estimate of drug-likeness (QED) is 0.194. The van der Waals surface area contributed by atoms with E-state index in [2.05, 4.69) is 15.5 Å². The molecule has 3 saturated heterocycles. The van der Waals surface area contributed by atoms with Crippen molar-refractivity contribution in [3.8, 4) is 0 Å². The summed E-state index contributed by atoms with van der Waals surface area (Å²) < 4.78 is 38.1. The van der Waals surface area contributed by atoms with Crippen molar-refractivity contribution < 1.29 is 57.5 Å². The number of ketones is 3. The summed E-state index contributed by atoms with van der Waals surface area (Å²) in [5.74, 6) is -7.08. The lowest BCUT2D eigenvalue weighted by atomic mass is 9.77. The fraction of sp³-hybridized carbons (Fsp3) is 0.725. The van der Waals surface area contributed by atoms with Gasteiger partial charge in [-0.05, 0) is 117 Å². The standard InChI is InChI=1S/C51H75N5O12/c1-30-15-11-10-12-16-31(2)41(63-7)27-37-20-18-35(6)51(62,68-37)48(59)49(60)55-22-14-13-17-39(55)50(61)67-42(33(4)25-36-19-21-38(43(26-36)64-8)56-29-52-53-54-56)28-40(57)32(3)24-34(5)46-47(65-9)45(58)44(23-30)66-46/h10-12,15-16,24,29-30,32-33,35-39,41-44,46-47,62H,13-14,17-23,25-28H2,1-9H3/b12-10+,15-11+,31-16+,34-24+/t30-,32-,33-,35?,36?,37+,38?,39?,41+,42+,43?,44?,46-,47?,51?/m1/s1. The van der Waals surface area contributed by atoms with E-state index in [1.165, 1.54) is 12.0 Å². The number of piperidine rings is 1. The van der Waals surface area contributed by atoms with Crippen molar-refractivity contribution >= 4 is 29.2 Å². The molecule has 376 valence electrons. The maximum atomic E-state index is 14.5. The molecule has 4 fully saturated rings. The molecular formula is C51H75N5O12. The Hall–Kier alpha value is -4.26. The molecule has 6 rings (SSSR count). The fourth-order valence-electron chi connectivity index (χ4n) is 10.9. The Morgan fingerprint density at radius 3 is 2.38 bits per heavy atom. The fourth-order valence-corrected chi connectivity index (χ4v) is 10.9. The molecule has 1 amide bonds. The van der Waals surface area contributed by atoms with Crippen LogP contribution < -0.4 is 0 Å². The predicted octanol–water partition coefficient (Wildman–Crippen LogP) is 5.82. The maximum Gasteiger partial charge on any atom is 0.329 e. The summed E-state index contributed by atoms with van der Waals surface area (Å²) in [5, 5.41) is 23.7. The molecule has 1 N–H and O–H groups in total. The van der Waals surface area contributed by atoms with Crippen LogP contribution in [0.1, 0.15) is 125 Å². The molecule has 1 aromatic heterocycles. The number of esters is 1. The normalized spacial score (nSPS) is 39.6. The monoisotopic (exact) mass is 950 g/mol. The number of cyclic esters (lactones) is 1. The lowest BCUT2D eigenvalue weighted by molar-refractivity contribution is -0.265. The molecule has 68 heavy (non-hydrogen) atoms. The summed E-state index contributed by atoms with van der Waals surface area (Å²) in [6.45, 7) is 11.3. The number of fused-ring (bicyclic) bond motifs is 5. The van der Waals surface area contributed by atoms with Crippen LogP contribution in [0, 0.1) is 29.6 Å². The number of carbonyl (C=O) groups excluding carboxylic acids is 5. The van der Waals surface area contributed by atoms with Gasteiger partial charge in [0.1, 0.15) is 42.6 Å². The first kappa shape index (κ1) is 53.1. The summed E-state index contributed by atoms with van der Waals surface area (Å²) >= 11 is 0. The third-order valence-electron chi connectivity index (χ3n) is 15.2. The minimum atomic E-state index is -2.42. The molecule has 1 aromatic rings. The summed E-state index contributed by atoms with van der Waals surface area (Å²) in [5.41, 5.74) is 1.57. The van der Waals surface area contributed by atoms with Gasteiger partial charge in [0.05, 0.1) is 24.4 Å². The Labute approximate surface area is 401 Å². The molecule has 15 atom stereocenters. The van der Waals surface area contributed by atoms with Crippen LogP contribution in [-0.2, 0) is 52.4 Å². The predicted molar refractivity (Wildman–Crippen MR) is 249 cm³/mol. The molecular weight excluding hydrogens is 875 g/mol. The number of hydrogen-bond donors (Lipinski definition) is 1. The summed E-state index contributed by atoms with van der Waals surface area (Å²) in [6.07, 6.45) is 14.6. The highest BCUT2D eigenvalue weighted by Gasteiger charge is 2.53. The van der Waals surface area contributed by atoms with E-state index in [1.807, 2.05) is 58.1 Å². The number of aliphatic hydroxyl groups is 1. The van der Waals surface area contributed by atoms with Crippen molar-refractivity contribution in [2.45, 2.75) is 179 Å².